The third-order valence-electron chi connectivity index (χ3n) is 5.26. The molecule has 8 nitrogen and oxygen atoms in total. The number of piperazine rings is 1. The van der Waals surface area contributed by atoms with Crippen molar-refractivity contribution in [3.8, 4) is 11.3 Å². The fourth-order valence-electron chi connectivity index (χ4n) is 3.39. The lowest BCUT2D eigenvalue weighted by Gasteiger charge is -2.34. The summed E-state index contributed by atoms with van der Waals surface area (Å²) < 4.78 is 4.77. The Morgan fingerprint density at radius 1 is 1.00 bits per heavy atom. The lowest BCUT2D eigenvalue weighted by atomic mass is 10.0. The van der Waals surface area contributed by atoms with Gasteiger partial charge in [-0.15, -0.1) is 0 Å². The first-order valence-corrected chi connectivity index (χ1v) is 9.27. The van der Waals surface area contributed by atoms with Gasteiger partial charge in [0, 0.05) is 37.3 Å². The molecule has 28 heavy (non-hydrogen) atoms. The topological polar surface area (TPSA) is 88.3 Å². The van der Waals surface area contributed by atoms with Crippen LogP contribution >= 0.6 is 0 Å². The third kappa shape index (κ3) is 3.33. The van der Waals surface area contributed by atoms with Crippen molar-refractivity contribution in [1.82, 2.24) is 25.4 Å². The molecule has 3 aromatic rings. The Morgan fingerprint density at radius 3 is 2.36 bits per heavy atom. The zero-order chi connectivity index (χ0) is 19.7. The number of carbonyl (C=O) groups excluding carboxylic acids is 1. The number of carbonyl (C=O) groups is 1. The van der Waals surface area contributed by atoms with E-state index in [1.807, 2.05) is 49.9 Å². The zero-order valence-corrected chi connectivity index (χ0v) is 16.2. The summed E-state index contributed by atoms with van der Waals surface area (Å²) in [5.41, 5.74) is 5.45. The number of anilines is 1. The van der Waals surface area contributed by atoms with Gasteiger partial charge in [-0.25, -0.2) is 4.63 Å². The van der Waals surface area contributed by atoms with E-state index in [-0.39, 0.29) is 5.91 Å². The molecule has 2 aromatic heterocycles. The fraction of sp³-hybridized carbons (Fsp3) is 0.350. The first-order valence-electron chi connectivity index (χ1n) is 9.27. The van der Waals surface area contributed by atoms with Gasteiger partial charge >= 0.3 is 0 Å². The summed E-state index contributed by atoms with van der Waals surface area (Å²) in [4.78, 5) is 16.8. The van der Waals surface area contributed by atoms with Crippen LogP contribution in [0, 0.1) is 20.8 Å². The van der Waals surface area contributed by atoms with Gasteiger partial charge in [-0.2, -0.15) is 10.2 Å². The molecule has 0 saturated carbocycles. The third-order valence-corrected chi connectivity index (χ3v) is 5.26. The van der Waals surface area contributed by atoms with Crippen LogP contribution in [0.5, 0.6) is 0 Å². The first-order chi connectivity index (χ1) is 13.5. The highest BCUT2D eigenvalue weighted by Gasteiger charge is 2.25. The maximum atomic E-state index is 12.9. The van der Waals surface area contributed by atoms with Crippen LogP contribution in [-0.2, 0) is 0 Å². The summed E-state index contributed by atoms with van der Waals surface area (Å²) in [6, 6.07) is 7.59. The molecule has 4 rings (SSSR count). The molecule has 0 spiro atoms. The number of aryl methyl sites for hydroxylation is 2. The van der Waals surface area contributed by atoms with Crippen molar-refractivity contribution in [2.24, 2.45) is 0 Å². The molecule has 1 aromatic carbocycles. The highest BCUT2D eigenvalue weighted by molar-refractivity contribution is 5.94. The summed E-state index contributed by atoms with van der Waals surface area (Å²) in [6.45, 7) is 8.59. The Morgan fingerprint density at radius 2 is 1.71 bits per heavy atom. The van der Waals surface area contributed by atoms with Crippen LogP contribution in [-0.4, -0.2) is 57.5 Å². The average Bonchev–Trinajstić information content (AvgIpc) is 3.16. The Labute approximate surface area is 163 Å². The minimum absolute atomic E-state index is 0.0354. The van der Waals surface area contributed by atoms with E-state index in [2.05, 4.69) is 25.4 Å². The molecule has 0 unspecified atom stereocenters. The van der Waals surface area contributed by atoms with Crippen LogP contribution in [0.1, 0.15) is 27.2 Å². The molecule has 3 heterocycles. The predicted octanol–water partition coefficient (Wildman–Crippen LogP) is 2.41. The van der Waals surface area contributed by atoms with Crippen molar-refractivity contribution < 1.29 is 9.42 Å². The molecule has 1 aliphatic heterocycles. The van der Waals surface area contributed by atoms with Gasteiger partial charge in [0.2, 0.25) is 0 Å². The van der Waals surface area contributed by atoms with Crippen LogP contribution in [0.25, 0.3) is 11.3 Å². The lowest BCUT2D eigenvalue weighted by Crippen LogP contribution is -2.49. The lowest BCUT2D eigenvalue weighted by molar-refractivity contribution is 0.0746. The van der Waals surface area contributed by atoms with Crippen LogP contribution in [0.2, 0.25) is 0 Å². The molecule has 144 valence electrons. The highest BCUT2D eigenvalue weighted by atomic mass is 16.6. The normalized spacial score (nSPS) is 14.4. The van der Waals surface area contributed by atoms with E-state index in [4.69, 9.17) is 4.63 Å². The molecule has 0 N–H and O–H groups in total. The SMILES string of the molecule is Cc1cnnc(-c2ccc(C(=O)N3CCN(c4nonc4C)CC3)cc2)c1C. The summed E-state index contributed by atoms with van der Waals surface area (Å²) in [6.07, 6.45) is 1.76. The van der Waals surface area contributed by atoms with Crippen molar-refractivity contribution in [1.29, 1.82) is 0 Å². The van der Waals surface area contributed by atoms with Gasteiger partial charge in [0.15, 0.2) is 5.82 Å². The zero-order valence-electron chi connectivity index (χ0n) is 16.2. The Kier molecular flexibility index (Phi) is 4.77. The molecule has 1 amide bonds. The van der Waals surface area contributed by atoms with Crippen LogP contribution in [0.15, 0.2) is 35.1 Å². The standard InChI is InChI=1S/C20H22N6O2/c1-13-12-21-22-18(14(13)2)16-4-6-17(7-5-16)20(27)26-10-8-25(9-11-26)19-15(3)23-28-24-19/h4-7,12H,8-11H2,1-3H3. The van der Waals surface area contributed by atoms with Gasteiger partial charge in [0.05, 0.1) is 11.9 Å². The van der Waals surface area contributed by atoms with E-state index >= 15 is 0 Å². The van der Waals surface area contributed by atoms with Gasteiger partial charge in [-0.1, -0.05) is 17.3 Å². The quantitative estimate of drug-likeness (QED) is 0.691. The smallest absolute Gasteiger partial charge is 0.253 e. The monoisotopic (exact) mass is 378 g/mol. The molecule has 0 aliphatic carbocycles. The number of nitrogens with zero attached hydrogens (tertiary/aromatic N) is 6. The second kappa shape index (κ2) is 7.38. The summed E-state index contributed by atoms with van der Waals surface area (Å²) in [5, 5.41) is 16.0. The summed E-state index contributed by atoms with van der Waals surface area (Å²) >= 11 is 0. The molecule has 0 bridgehead atoms. The number of aromatic nitrogens is 4. The van der Waals surface area contributed by atoms with E-state index in [1.165, 1.54) is 0 Å². The number of hydrogen-bond acceptors (Lipinski definition) is 7. The second-order valence-corrected chi connectivity index (χ2v) is 7.03. The molecular formula is C20H22N6O2. The molecule has 1 fully saturated rings. The molecule has 8 heteroatoms. The Balaban J connectivity index is 1.44. The summed E-state index contributed by atoms with van der Waals surface area (Å²) in [7, 11) is 0. The van der Waals surface area contributed by atoms with Gasteiger partial charge in [0.25, 0.3) is 5.91 Å². The van der Waals surface area contributed by atoms with E-state index < -0.39 is 0 Å². The largest absolute Gasteiger partial charge is 0.349 e. The molecule has 0 atom stereocenters. The van der Waals surface area contributed by atoms with E-state index in [9.17, 15) is 4.79 Å². The van der Waals surface area contributed by atoms with Crippen molar-refractivity contribution >= 4 is 11.7 Å². The average molecular weight is 378 g/mol. The summed E-state index contributed by atoms with van der Waals surface area (Å²) in [5.74, 6) is 0.791. The minimum Gasteiger partial charge on any atom is -0.349 e. The van der Waals surface area contributed by atoms with E-state index in [1.54, 1.807) is 6.20 Å². The minimum atomic E-state index is 0.0354. The Bertz CT molecular complexity index is 990. The number of benzene rings is 1. The van der Waals surface area contributed by atoms with Gasteiger partial charge in [-0.3, -0.25) is 4.79 Å². The van der Waals surface area contributed by atoms with E-state index in [0.717, 1.165) is 33.9 Å². The van der Waals surface area contributed by atoms with Crippen molar-refractivity contribution in [3.63, 3.8) is 0 Å². The number of rotatable bonds is 3. The maximum Gasteiger partial charge on any atom is 0.253 e. The molecular weight excluding hydrogens is 356 g/mol. The number of amides is 1. The van der Waals surface area contributed by atoms with Gasteiger partial charge in [-0.05, 0) is 49.2 Å². The van der Waals surface area contributed by atoms with Gasteiger partial charge in [0.1, 0.15) is 5.69 Å². The fourth-order valence-corrected chi connectivity index (χ4v) is 3.39. The first kappa shape index (κ1) is 18.1. The van der Waals surface area contributed by atoms with Crippen LogP contribution in [0.3, 0.4) is 0 Å². The predicted molar refractivity (Wildman–Crippen MR) is 104 cm³/mol. The molecule has 1 aliphatic rings. The molecule has 1 saturated heterocycles. The van der Waals surface area contributed by atoms with Crippen LogP contribution < -0.4 is 4.90 Å². The van der Waals surface area contributed by atoms with Crippen LogP contribution in [0.4, 0.5) is 5.82 Å². The van der Waals surface area contributed by atoms with Gasteiger partial charge < -0.3 is 9.80 Å². The number of hydrogen-bond donors (Lipinski definition) is 0. The second-order valence-electron chi connectivity index (χ2n) is 7.03. The highest BCUT2D eigenvalue weighted by Crippen LogP contribution is 2.23. The van der Waals surface area contributed by atoms with Crippen molar-refractivity contribution in [3.05, 3.63) is 52.8 Å². The van der Waals surface area contributed by atoms with E-state index in [0.29, 0.717) is 31.7 Å². The van der Waals surface area contributed by atoms with Crippen molar-refractivity contribution in [2.75, 3.05) is 31.1 Å². The van der Waals surface area contributed by atoms with Crippen molar-refractivity contribution in [2.45, 2.75) is 20.8 Å². The molecule has 0 radical (unpaired) electrons. The maximum absolute atomic E-state index is 12.9. The Hall–Kier alpha value is -3.29.